The maximum atomic E-state index is 5.18. The van der Waals surface area contributed by atoms with Gasteiger partial charge in [-0.25, -0.2) is 15.0 Å². The summed E-state index contributed by atoms with van der Waals surface area (Å²) in [6.07, 6.45) is 18.1. The quantitative estimate of drug-likeness (QED) is 0.156. The van der Waals surface area contributed by atoms with Crippen LogP contribution in [0.1, 0.15) is 29.7 Å². The molecule has 0 N–H and O–H groups in total. The Balaban J connectivity index is 1.39. The molecule has 3 nitrogen and oxygen atoms in total. The molecule has 0 atom stereocenters. The summed E-state index contributed by atoms with van der Waals surface area (Å²) in [6.45, 7) is 0. The number of fused-ring (bicyclic) bond motifs is 1. The largest absolute Gasteiger partial charge is 0.228 e. The van der Waals surface area contributed by atoms with E-state index in [1.807, 2.05) is 30.4 Å². The van der Waals surface area contributed by atoms with Crippen molar-refractivity contribution in [3.63, 3.8) is 0 Å². The molecule has 1 aromatic heterocycles. The molecule has 41 heavy (non-hydrogen) atoms. The second-order valence-corrected chi connectivity index (χ2v) is 10.00. The number of hydrogen-bond acceptors (Lipinski definition) is 3. The van der Waals surface area contributed by atoms with Crippen LogP contribution in [0.3, 0.4) is 0 Å². The van der Waals surface area contributed by atoms with Gasteiger partial charge in [-0.05, 0) is 82.7 Å². The van der Waals surface area contributed by atoms with E-state index in [-0.39, 0.29) is 0 Å². The SMILES string of the molecule is C#CN=C/C=C\Cc1cccc(-c2cc(C3=CCCC(c4ccc5ccccc5c4)=C3)nc(-c3ccccc3)n2)c1. The van der Waals surface area contributed by atoms with E-state index in [4.69, 9.17) is 16.4 Å². The minimum Gasteiger partial charge on any atom is -0.228 e. The topological polar surface area (TPSA) is 38.1 Å². The fraction of sp³-hybridized carbons (Fsp3) is 0.0789. The lowest BCUT2D eigenvalue weighted by Crippen LogP contribution is -2.00. The smallest absolute Gasteiger partial charge is 0.160 e. The second kappa shape index (κ2) is 12.2. The van der Waals surface area contributed by atoms with Gasteiger partial charge in [-0.1, -0.05) is 104 Å². The van der Waals surface area contributed by atoms with Crippen molar-refractivity contribution in [3.05, 3.63) is 144 Å². The summed E-state index contributed by atoms with van der Waals surface area (Å²) in [5.74, 6) is 0.723. The summed E-state index contributed by atoms with van der Waals surface area (Å²) >= 11 is 0. The van der Waals surface area contributed by atoms with Crippen molar-refractivity contribution in [2.75, 3.05) is 0 Å². The van der Waals surface area contributed by atoms with Crippen LogP contribution in [0.4, 0.5) is 0 Å². The number of allylic oxidation sites excluding steroid dienone is 6. The highest BCUT2D eigenvalue weighted by Crippen LogP contribution is 2.34. The second-order valence-electron chi connectivity index (χ2n) is 10.00. The molecule has 196 valence electrons. The van der Waals surface area contributed by atoms with E-state index in [2.05, 4.69) is 108 Å². The average Bonchev–Trinajstić information content (AvgIpc) is 3.05. The molecule has 0 saturated heterocycles. The Morgan fingerprint density at radius 3 is 2.44 bits per heavy atom. The van der Waals surface area contributed by atoms with Gasteiger partial charge in [0, 0.05) is 23.4 Å². The minimum atomic E-state index is 0.723. The molecule has 1 aliphatic rings. The third kappa shape index (κ3) is 6.13. The number of rotatable bonds is 7. The molecule has 0 unspecified atom stereocenters. The maximum Gasteiger partial charge on any atom is 0.160 e. The van der Waals surface area contributed by atoms with Gasteiger partial charge in [-0.2, -0.15) is 0 Å². The van der Waals surface area contributed by atoms with Gasteiger partial charge in [0.05, 0.1) is 11.4 Å². The van der Waals surface area contributed by atoms with Crippen molar-refractivity contribution in [2.45, 2.75) is 19.3 Å². The molecule has 1 aliphatic carbocycles. The number of nitrogens with zero attached hydrogens (tertiary/aromatic N) is 3. The van der Waals surface area contributed by atoms with Crippen LogP contribution in [0.15, 0.2) is 132 Å². The van der Waals surface area contributed by atoms with Gasteiger partial charge in [0.15, 0.2) is 5.82 Å². The maximum absolute atomic E-state index is 5.18. The van der Waals surface area contributed by atoms with E-state index < -0.39 is 0 Å². The van der Waals surface area contributed by atoms with Crippen molar-refractivity contribution in [2.24, 2.45) is 4.99 Å². The van der Waals surface area contributed by atoms with Crippen LogP contribution >= 0.6 is 0 Å². The Morgan fingerprint density at radius 2 is 1.56 bits per heavy atom. The third-order valence-electron chi connectivity index (χ3n) is 7.23. The number of aromatic nitrogens is 2. The van der Waals surface area contributed by atoms with Crippen molar-refractivity contribution in [1.29, 1.82) is 0 Å². The minimum absolute atomic E-state index is 0.723. The van der Waals surface area contributed by atoms with Crippen molar-refractivity contribution >= 4 is 28.1 Å². The number of hydrogen-bond donors (Lipinski definition) is 0. The zero-order chi connectivity index (χ0) is 27.9. The predicted octanol–water partition coefficient (Wildman–Crippen LogP) is 8.98. The highest BCUT2D eigenvalue weighted by atomic mass is 14.9. The van der Waals surface area contributed by atoms with Crippen LogP contribution in [-0.2, 0) is 6.42 Å². The standard InChI is InChI=1S/C38H29N3/c1-2-39-23-9-8-12-28-13-10-19-34(24-28)36-27-37(41-38(40-36)30-15-4-3-5-16-30)35-20-11-18-32(26-35)33-22-21-29-14-6-7-17-31(29)25-33/h1,3-10,13-17,19-27H,11-12,18H2/b9-8-,39-23?. The molecule has 6 rings (SSSR count). The summed E-state index contributed by atoms with van der Waals surface area (Å²) in [5.41, 5.74) is 8.80. The van der Waals surface area contributed by atoms with E-state index in [1.165, 1.54) is 27.5 Å². The molecule has 3 heteroatoms. The molecule has 0 aliphatic heterocycles. The fourth-order valence-electron chi connectivity index (χ4n) is 5.17. The van der Waals surface area contributed by atoms with Crippen LogP contribution in [0.2, 0.25) is 0 Å². The Hall–Kier alpha value is -5.33. The van der Waals surface area contributed by atoms with E-state index in [0.717, 1.165) is 53.2 Å². The van der Waals surface area contributed by atoms with E-state index in [0.29, 0.717) is 0 Å². The molecular weight excluding hydrogens is 498 g/mol. The molecule has 0 fully saturated rings. The lowest BCUT2D eigenvalue weighted by molar-refractivity contribution is 1.05. The lowest BCUT2D eigenvalue weighted by Gasteiger charge is -2.16. The molecule has 1 heterocycles. The van der Waals surface area contributed by atoms with E-state index >= 15 is 0 Å². The molecule has 0 saturated carbocycles. The fourth-order valence-corrected chi connectivity index (χ4v) is 5.17. The Kier molecular flexibility index (Phi) is 7.74. The summed E-state index contributed by atoms with van der Waals surface area (Å²) in [6, 6.07) is 38.3. The zero-order valence-electron chi connectivity index (χ0n) is 22.7. The number of benzene rings is 4. The van der Waals surface area contributed by atoms with Crippen molar-refractivity contribution < 1.29 is 0 Å². The van der Waals surface area contributed by atoms with Crippen LogP contribution in [0.5, 0.6) is 0 Å². The van der Waals surface area contributed by atoms with Gasteiger partial charge >= 0.3 is 0 Å². The highest BCUT2D eigenvalue weighted by Gasteiger charge is 2.15. The Morgan fingerprint density at radius 1 is 0.756 bits per heavy atom. The first-order valence-electron chi connectivity index (χ1n) is 13.8. The summed E-state index contributed by atoms with van der Waals surface area (Å²) in [4.78, 5) is 13.9. The average molecular weight is 528 g/mol. The van der Waals surface area contributed by atoms with Gasteiger partial charge in [0.1, 0.15) is 0 Å². The molecule has 4 aromatic carbocycles. The van der Waals surface area contributed by atoms with Crippen molar-refractivity contribution in [3.8, 4) is 35.1 Å². The van der Waals surface area contributed by atoms with Gasteiger partial charge in [0.2, 0.25) is 0 Å². The van der Waals surface area contributed by atoms with Gasteiger partial charge in [-0.3, -0.25) is 0 Å². The molecule has 0 radical (unpaired) electrons. The van der Waals surface area contributed by atoms with Crippen molar-refractivity contribution in [1.82, 2.24) is 9.97 Å². The molecule has 0 amide bonds. The van der Waals surface area contributed by atoms with Crippen LogP contribution in [0.25, 0.3) is 44.6 Å². The normalized spacial score (nSPS) is 13.3. The number of terminal acetylenes is 1. The van der Waals surface area contributed by atoms with Crippen LogP contribution in [-0.4, -0.2) is 16.2 Å². The molecule has 5 aromatic rings. The molecule has 0 spiro atoms. The van der Waals surface area contributed by atoms with Gasteiger partial charge < -0.3 is 0 Å². The Bertz CT molecular complexity index is 1870. The first kappa shape index (κ1) is 25.9. The van der Waals surface area contributed by atoms with E-state index in [1.54, 1.807) is 6.21 Å². The first-order chi connectivity index (χ1) is 20.3. The van der Waals surface area contributed by atoms with Crippen LogP contribution < -0.4 is 0 Å². The summed E-state index contributed by atoms with van der Waals surface area (Å²) in [7, 11) is 0. The molecule has 0 bridgehead atoms. The Labute approximate surface area is 241 Å². The summed E-state index contributed by atoms with van der Waals surface area (Å²) < 4.78 is 0. The first-order valence-corrected chi connectivity index (χ1v) is 13.8. The monoisotopic (exact) mass is 527 g/mol. The van der Waals surface area contributed by atoms with Gasteiger partial charge in [-0.15, -0.1) is 0 Å². The highest BCUT2D eigenvalue weighted by molar-refractivity contribution is 5.90. The van der Waals surface area contributed by atoms with Gasteiger partial charge in [0.25, 0.3) is 0 Å². The zero-order valence-corrected chi connectivity index (χ0v) is 22.7. The molecular formula is C38H29N3. The van der Waals surface area contributed by atoms with Crippen LogP contribution in [0, 0.1) is 12.5 Å². The third-order valence-corrected chi connectivity index (χ3v) is 7.23. The lowest BCUT2D eigenvalue weighted by atomic mass is 9.91. The predicted molar refractivity (Wildman–Crippen MR) is 172 cm³/mol. The summed E-state index contributed by atoms with van der Waals surface area (Å²) in [5, 5.41) is 2.52. The van der Waals surface area contributed by atoms with E-state index in [9.17, 15) is 0 Å². The number of aliphatic imine (C=N–C) groups is 1.